The van der Waals surface area contributed by atoms with E-state index in [1.807, 2.05) is 30.3 Å². The molecule has 1 aromatic heterocycles. The molecule has 2 aromatic rings. The third-order valence-electron chi connectivity index (χ3n) is 6.31. The van der Waals surface area contributed by atoms with Gasteiger partial charge in [0.1, 0.15) is 11.4 Å². The molecule has 1 aliphatic carbocycles. The van der Waals surface area contributed by atoms with Crippen molar-refractivity contribution in [2.75, 3.05) is 6.54 Å². The van der Waals surface area contributed by atoms with Crippen molar-refractivity contribution < 1.29 is 9.53 Å². The molecule has 1 saturated carbocycles. The van der Waals surface area contributed by atoms with E-state index >= 15 is 0 Å². The third kappa shape index (κ3) is 2.67. The lowest BCUT2D eigenvalue weighted by molar-refractivity contribution is -0.112. The van der Waals surface area contributed by atoms with Crippen LogP contribution in [-0.4, -0.2) is 22.9 Å². The summed E-state index contributed by atoms with van der Waals surface area (Å²) in [6.07, 6.45) is 7.28. The Balaban J connectivity index is 1.80. The number of carbonyl (C=O) groups is 1. The van der Waals surface area contributed by atoms with Crippen LogP contribution in [0.5, 0.6) is 5.75 Å². The molecule has 4 rings (SSSR count). The van der Waals surface area contributed by atoms with E-state index in [9.17, 15) is 10.1 Å². The molecule has 0 radical (unpaired) electrons. The fraction of sp³-hybridized carbons (Fsp3) is 0.391. The number of Topliss-reactive ketones (excluding diaryl/α,β-unsaturated/α-hetero) is 1. The van der Waals surface area contributed by atoms with Crippen LogP contribution in [0.2, 0.25) is 0 Å². The Morgan fingerprint density at radius 1 is 1.25 bits per heavy atom. The van der Waals surface area contributed by atoms with Gasteiger partial charge < -0.3 is 9.58 Å². The number of pyridine rings is 1. The highest BCUT2D eigenvalue weighted by Gasteiger charge is 2.63. The molecule has 28 heavy (non-hydrogen) atoms. The average molecular weight is 371 g/mol. The zero-order valence-corrected chi connectivity index (χ0v) is 15.6. The molecule has 5 nitrogen and oxygen atoms in total. The first-order valence-corrected chi connectivity index (χ1v) is 9.64. The molecule has 2 aliphatic rings. The number of hydrogen-bond donors (Lipinski definition) is 0. The first-order valence-electron chi connectivity index (χ1n) is 9.64. The van der Waals surface area contributed by atoms with Crippen molar-refractivity contribution in [2.45, 2.75) is 44.1 Å². The molecule has 0 amide bonds. The zero-order chi connectivity index (χ0) is 19.6. The van der Waals surface area contributed by atoms with Crippen molar-refractivity contribution in [3.8, 4) is 22.9 Å². The Morgan fingerprint density at radius 3 is 2.75 bits per heavy atom. The Kier molecular flexibility index (Phi) is 4.61. The summed E-state index contributed by atoms with van der Waals surface area (Å²) in [5, 5.41) is 9.17. The zero-order valence-electron chi connectivity index (χ0n) is 15.6. The maximum Gasteiger partial charge on any atom is 0.215 e. The molecule has 1 fully saturated rings. The molecule has 2 heterocycles. The number of nitrogens with zero attached hydrogens (tertiary/aromatic N) is 3. The lowest BCUT2D eigenvalue weighted by atomic mass is 9.54. The molecule has 1 aliphatic heterocycles. The van der Waals surface area contributed by atoms with E-state index in [2.05, 4.69) is 15.9 Å². The number of rotatable bonds is 5. The normalized spacial score (nSPS) is 21.7. The number of benzene rings is 1. The second-order valence-corrected chi connectivity index (χ2v) is 7.60. The number of fused-ring (bicyclic) bond motifs is 1. The Morgan fingerprint density at radius 2 is 2.11 bits per heavy atom. The van der Waals surface area contributed by atoms with Crippen LogP contribution in [0.3, 0.4) is 0 Å². The predicted octanol–water partition coefficient (Wildman–Crippen LogP) is 4.85. The molecule has 0 saturated heterocycles. The monoisotopic (exact) mass is 371 g/mol. The van der Waals surface area contributed by atoms with Gasteiger partial charge >= 0.3 is 0 Å². The average Bonchev–Trinajstić information content (AvgIpc) is 2.71. The molecular formula is C23H21N3O2. The highest BCUT2D eigenvalue weighted by atomic mass is 16.5. The highest BCUT2D eigenvalue weighted by molar-refractivity contribution is 6.05. The van der Waals surface area contributed by atoms with E-state index in [1.54, 1.807) is 12.4 Å². The van der Waals surface area contributed by atoms with Gasteiger partial charge in [0.05, 0.1) is 17.0 Å². The van der Waals surface area contributed by atoms with Crippen molar-refractivity contribution in [1.82, 2.24) is 4.98 Å². The van der Waals surface area contributed by atoms with Crippen molar-refractivity contribution in [3.05, 3.63) is 59.7 Å². The fourth-order valence-electron chi connectivity index (χ4n) is 4.68. The molecule has 1 spiro atoms. The van der Waals surface area contributed by atoms with Crippen LogP contribution in [0, 0.1) is 23.3 Å². The van der Waals surface area contributed by atoms with Crippen molar-refractivity contribution in [2.24, 2.45) is 5.41 Å². The van der Waals surface area contributed by atoms with Gasteiger partial charge in [-0.2, -0.15) is 5.26 Å². The molecule has 140 valence electrons. The van der Waals surface area contributed by atoms with Gasteiger partial charge in [-0.25, -0.2) is 6.57 Å². The molecular weight excluding hydrogens is 350 g/mol. The number of hydrogen-bond acceptors (Lipinski definition) is 4. The summed E-state index contributed by atoms with van der Waals surface area (Å²) in [5.74, 6) is 0.645. The van der Waals surface area contributed by atoms with E-state index in [1.165, 1.54) is 0 Å². The van der Waals surface area contributed by atoms with Gasteiger partial charge in [0, 0.05) is 30.8 Å². The minimum atomic E-state index is -0.783. The van der Waals surface area contributed by atoms with Gasteiger partial charge in [-0.3, -0.25) is 9.78 Å². The van der Waals surface area contributed by atoms with Crippen LogP contribution in [0.25, 0.3) is 16.0 Å². The van der Waals surface area contributed by atoms with Crippen LogP contribution < -0.4 is 4.74 Å². The summed E-state index contributed by atoms with van der Waals surface area (Å²) in [6.45, 7) is 7.49. The van der Waals surface area contributed by atoms with E-state index < -0.39 is 11.0 Å². The number of ketones is 1. The van der Waals surface area contributed by atoms with Gasteiger partial charge in [-0.15, -0.1) is 0 Å². The van der Waals surface area contributed by atoms with Gasteiger partial charge in [0.15, 0.2) is 5.78 Å². The van der Waals surface area contributed by atoms with Crippen LogP contribution in [0.4, 0.5) is 0 Å². The quantitative estimate of drug-likeness (QED) is 0.705. The van der Waals surface area contributed by atoms with Gasteiger partial charge in [0.25, 0.3) is 0 Å². The number of nitriles is 1. The van der Waals surface area contributed by atoms with E-state index in [0.29, 0.717) is 24.2 Å². The van der Waals surface area contributed by atoms with Crippen molar-refractivity contribution in [3.63, 3.8) is 0 Å². The standard InChI is InChI=1S/C23H21N3O2/c1-25-14-11-22(8-4-12-24)21(27)19-7-6-17(18-5-2-13-26-16-18)15-20(19)28-23(22)9-3-10-23/h2,5-7,13,15-16H,3-4,8-11,14H2. The summed E-state index contributed by atoms with van der Waals surface area (Å²) < 4.78 is 6.54. The fourth-order valence-corrected chi connectivity index (χ4v) is 4.68. The Hall–Kier alpha value is -3.18. The summed E-state index contributed by atoms with van der Waals surface area (Å²) in [5.41, 5.74) is 1.12. The lowest BCUT2D eigenvalue weighted by Gasteiger charge is -2.56. The van der Waals surface area contributed by atoms with Gasteiger partial charge in [0.2, 0.25) is 6.54 Å². The summed E-state index contributed by atoms with van der Waals surface area (Å²) in [7, 11) is 0. The van der Waals surface area contributed by atoms with E-state index in [4.69, 9.17) is 11.3 Å². The van der Waals surface area contributed by atoms with Crippen molar-refractivity contribution >= 4 is 5.78 Å². The van der Waals surface area contributed by atoms with Gasteiger partial charge in [-0.1, -0.05) is 12.1 Å². The second-order valence-electron chi connectivity index (χ2n) is 7.60. The van der Waals surface area contributed by atoms with Crippen LogP contribution in [0.15, 0.2) is 42.7 Å². The van der Waals surface area contributed by atoms with E-state index in [0.717, 1.165) is 30.4 Å². The molecule has 1 unspecified atom stereocenters. The topological polar surface area (TPSA) is 67.3 Å². The first-order chi connectivity index (χ1) is 13.7. The van der Waals surface area contributed by atoms with E-state index in [-0.39, 0.29) is 18.7 Å². The maximum atomic E-state index is 13.7. The molecule has 1 atom stereocenters. The second kappa shape index (κ2) is 7.09. The maximum absolute atomic E-state index is 13.7. The molecule has 1 aromatic carbocycles. The molecule has 0 bridgehead atoms. The minimum Gasteiger partial charge on any atom is -0.485 e. The number of carbonyl (C=O) groups excluding carboxylic acids is 1. The summed E-state index contributed by atoms with van der Waals surface area (Å²) in [4.78, 5) is 21.4. The minimum absolute atomic E-state index is 0.0325. The van der Waals surface area contributed by atoms with Gasteiger partial charge in [-0.05, 0) is 49.4 Å². The largest absolute Gasteiger partial charge is 0.485 e. The van der Waals surface area contributed by atoms with Crippen LogP contribution in [-0.2, 0) is 0 Å². The smallest absolute Gasteiger partial charge is 0.215 e. The number of ether oxygens (including phenoxy) is 1. The SMILES string of the molecule is [C-]#[N+]CCC1(CCC#N)C(=O)c2ccc(-c3cccnc3)cc2OC12CCC2. The Labute approximate surface area is 164 Å². The van der Waals surface area contributed by atoms with Crippen LogP contribution >= 0.6 is 0 Å². The predicted molar refractivity (Wildman–Crippen MR) is 105 cm³/mol. The molecule has 0 N–H and O–H groups in total. The third-order valence-corrected chi connectivity index (χ3v) is 6.31. The number of aromatic nitrogens is 1. The van der Waals surface area contributed by atoms with Crippen LogP contribution in [0.1, 0.15) is 48.9 Å². The highest BCUT2D eigenvalue weighted by Crippen LogP contribution is 2.58. The lowest BCUT2D eigenvalue weighted by Crippen LogP contribution is -2.63. The first kappa shape index (κ1) is 18.2. The summed E-state index contributed by atoms with van der Waals surface area (Å²) in [6, 6.07) is 11.7. The van der Waals surface area contributed by atoms with Crippen molar-refractivity contribution in [1.29, 1.82) is 5.26 Å². The Bertz CT molecular complexity index is 963. The molecule has 5 heteroatoms. The summed E-state index contributed by atoms with van der Waals surface area (Å²) >= 11 is 0.